The van der Waals surface area contributed by atoms with E-state index < -0.39 is 0 Å². The van der Waals surface area contributed by atoms with E-state index in [0.717, 1.165) is 32.5 Å². The lowest BCUT2D eigenvalue weighted by molar-refractivity contribution is -0.189. The van der Waals surface area contributed by atoms with Crippen molar-refractivity contribution in [3.05, 3.63) is 35.9 Å². The van der Waals surface area contributed by atoms with Crippen molar-refractivity contribution in [3.8, 4) is 0 Å². The van der Waals surface area contributed by atoms with Crippen molar-refractivity contribution < 1.29 is 9.47 Å². The second kappa shape index (κ2) is 5.84. The van der Waals surface area contributed by atoms with E-state index in [9.17, 15) is 0 Å². The lowest BCUT2D eigenvalue weighted by Crippen LogP contribution is -2.47. The molecule has 3 atom stereocenters. The number of benzene rings is 1. The van der Waals surface area contributed by atoms with Crippen LogP contribution in [-0.4, -0.2) is 25.0 Å². The van der Waals surface area contributed by atoms with Gasteiger partial charge in [-0.2, -0.15) is 0 Å². The first-order valence-corrected chi connectivity index (χ1v) is 7.77. The Hall–Kier alpha value is -0.900. The third-order valence-electron chi connectivity index (χ3n) is 4.73. The van der Waals surface area contributed by atoms with E-state index in [4.69, 9.17) is 9.47 Å². The minimum atomic E-state index is -0.270. The van der Waals surface area contributed by atoms with Crippen molar-refractivity contribution in [1.82, 2.24) is 5.32 Å². The van der Waals surface area contributed by atoms with E-state index in [1.165, 1.54) is 5.56 Å². The van der Waals surface area contributed by atoms with Gasteiger partial charge in [0.15, 0.2) is 5.79 Å². The van der Waals surface area contributed by atoms with Crippen molar-refractivity contribution in [3.63, 3.8) is 0 Å². The van der Waals surface area contributed by atoms with E-state index in [0.29, 0.717) is 18.0 Å². The molecule has 3 heteroatoms. The van der Waals surface area contributed by atoms with Crippen molar-refractivity contribution >= 4 is 0 Å². The molecular weight excluding hydrogens is 250 g/mol. The van der Waals surface area contributed by atoms with Crippen LogP contribution in [0.15, 0.2) is 30.3 Å². The molecule has 1 aromatic carbocycles. The fourth-order valence-electron chi connectivity index (χ4n) is 3.56. The summed E-state index contributed by atoms with van der Waals surface area (Å²) in [7, 11) is 0. The molecule has 1 aliphatic carbocycles. The molecule has 110 valence electrons. The number of ether oxygens (including phenoxy) is 2. The maximum absolute atomic E-state index is 5.84. The van der Waals surface area contributed by atoms with Gasteiger partial charge in [0.2, 0.25) is 0 Å². The molecule has 0 unspecified atom stereocenters. The SMILES string of the molecule is C[C@@H]1CC2(CC[C@H]1N[C@H](C)c1ccccc1)OCCO2. The van der Waals surface area contributed by atoms with Gasteiger partial charge in [0.1, 0.15) is 0 Å². The molecule has 1 aromatic rings. The molecule has 1 saturated carbocycles. The standard InChI is InChI=1S/C17H25NO2/c1-13-12-17(19-10-11-20-17)9-8-16(13)18-14(2)15-6-4-3-5-7-15/h3-7,13-14,16,18H,8-12H2,1-2H3/t13-,14-,16-/m1/s1. The van der Waals surface area contributed by atoms with Gasteiger partial charge < -0.3 is 14.8 Å². The predicted octanol–water partition coefficient (Wildman–Crippen LogP) is 3.27. The largest absolute Gasteiger partial charge is 0.348 e. The van der Waals surface area contributed by atoms with Gasteiger partial charge in [-0.15, -0.1) is 0 Å². The molecule has 1 N–H and O–H groups in total. The molecule has 2 aliphatic rings. The Labute approximate surface area is 121 Å². The number of hydrogen-bond acceptors (Lipinski definition) is 3. The minimum absolute atomic E-state index is 0.270. The average molecular weight is 275 g/mol. The first-order chi connectivity index (χ1) is 9.69. The Kier molecular flexibility index (Phi) is 4.11. The van der Waals surface area contributed by atoms with E-state index in [-0.39, 0.29) is 5.79 Å². The van der Waals surface area contributed by atoms with Crippen LogP contribution >= 0.6 is 0 Å². The van der Waals surface area contributed by atoms with Gasteiger partial charge in [0.05, 0.1) is 13.2 Å². The Morgan fingerprint density at radius 3 is 2.55 bits per heavy atom. The summed E-state index contributed by atoms with van der Waals surface area (Å²) in [4.78, 5) is 0. The van der Waals surface area contributed by atoms with E-state index in [1.807, 2.05) is 0 Å². The molecule has 3 rings (SSSR count). The third-order valence-corrected chi connectivity index (χ3v) is 4.73. The second-order valence-electron chi connectivity index (χ2n) is 6.23. The highest BCUT2D eigenvalue weighted by Gasteiger charge is 2.43. The monoisotopic (exact) mass is 275 g/mol. The summed E-state index contributed by atoms with van der Waals surface area (Å²) < 4.78 is 11.7. The van der Waals surface area contributed by atoms with E-state index >= 15 is 0 Å². The smallest absolute Gasteiger partial charge is 0.168 e. The predicted molar refractivity (Wildman–Crippen MR) is 79.4 cm³/mol. The molecule has 0 bridgehead atoms. The molecule has 2 fully saturated rings. The van der Waals surface area contributed by atoms with Crippen LogP contribution in [0.2, 0.25) is 0 Å². The maximum Gasteiger partial charge on any atom is 0.168 e. The van der Waals surface area contributed by atoms with Gasteiger partial charge in [-0.1, -0.05) is 37.3 Å². The second-order valence-corrected chi connectivity index (χ2v) is 6.23. The first-order valence-electron chi connectivity index (χ1n) is 7.77. The maximum atomic E-state index is 5.84. The quantitative estimate of drug-likeness (QED) is 0.918. The summed E-state index contributed by atoms with van der Waals surface area (Å²) in [6.07, 6.45) is 3.14. The van der Waals surface area contributed by atoms with Crippen molar-refractivity contribution in [1.29, 1.82) is 0 Å². The highest BCUT2D eigenvalue weighted by molar-refractivity contribution is 5.18. The van der Waals surface area contributed by atoms with E-state index in [1.54, 1.807) is 0 Å². The highest BCUT2D eigenvalue weighted by Crippen LogP contribution is 2.39. The Morgan fingerprint density at radius 2 is 1.90 bits per heavy atom. The topological polar surface area (TPSA) is 30.5 Å². The van der Waals surface area contributed by atoms with Gasteiger partial charge in [0, 0.05) is 24.9 Å². The van der Waals surface area contributed by atoms with Gasteiger partial charge >= 0.3 is 0 Å². The average Bonchev–Trinajstić information content (AvgIpc) is 2.91. The van der Waals surface area contributed by atoms with Crippen molar-refractivity contribution in [2.75, 3.05) is 13.2 Å². The van der Waals surface area contributed by atoms with Gasteiger partial charge in [-0.25, -0.2) is 0 Å². The van der Waals surface area contributed by atoms with Crippen LogP contribution in [0.3, 0.4) is 0 Å². The van der Waals surface area contributed by atoms with Crippen LogP contribution in [0.1, 0.15) is 44.7 Å². The summed E-state index contributed by atoms with van der Waals surface area (Å²) in [5.74, 6) is 0.307. The van der Waals surface area contributed by atoms with Crippen LogP contribution in [0, 0.1) is 5.92 Å². The zero-order chi connectivity index (χ0) is 14.0. The van der Waals surface area contributed by atoms with Gasteiger partial charge in [-0.05, 0) is 24.8 Å². The molecule has 0 amide bonds. The summed E-state index contributed by atoms with van der Waals surface area (Å²) in [5, 5.41) is 3.78. The summed E-state index contributed by atoms with van der Waals surface area (Å²) in [6.45, 7) is 6.06. The van der Waals surface area contributed by atoms with Crippen molar-refractivity contribution in [2.24, 2.45) is 5.92 Å². The van der Waals surface area contributed by atoms with Crippen LogP contribution in [0.5, 0.6) is 0 Å². The number of rotatable bonds is 3. The first kappa shape index (κ1) is 14.1. The van der Waals surface area contributed by atoms with Crippen molar-refractivity contribution in [2.45, 2.75) is 51.0 Å². The Bertz CT molecular complexity index is 428. The van der Waals surface area contributed by atoms with Crippen LogP contribution in [0.4, 0.5) is 0 Å². The van der Waals surface area contributed by atoms with Crippen LogP contribution in [-0.2, 0) is 9.47 Å². The van der Waals surface area contributed by atoms with Gasteiger partial charge in [-0.3, -0.25) is 0 Å². The fraction of sp³-hybridized carbons (Fsp3) is 0.647. The van der Waals surface area contributed by atoms with Crippen LogP contribution < -0.4 is 5.32 Å². The molecular formula is C17H25NO2. The third kappa shape index (κ3) is 2.90. The molecule has 20 heavy (non-hydrogen) atoms. The molecule has 1 saturated heterocycles. The molecule has 1 spiro atoms. The normalized spacial score (nSPS) is 30.5. The molecule has 0 aromatic heterocycles. The van der Waals surface area contributed by atoms with Crippen LogP contribution in [0.25, 0.3) is 0 Å². The molecule has 0 radical (unpaired) electrons. The lowest BCUT2D eigenvalue weighted by atomic mass is 9.81. The molecule has 3 nitrogen and oxygen atoms in total. The fourth-order valence-corrected chi connectivity index (χ4v) is 3.56. The Balaban J connectivity index is 1.59. The number of hydrogen-bond donors (Lipinski definition) is 1. The number of nitrogens with one attached hydrogen (secondary N) is 1. The molecule has 1 aliphatic heterocycles. The zero-order valence-corrected chi connectivity index (χ0v) is 12.5. The Morgan fingerprint density at radius 1 is 1.20 bits per heavy atom. The zero-order valence-electron chi connectivity index (χ0n) is 12.5. The highest BCUT2D eigenvalue weighted by atomic mass is 16.7. The summed E-state index contributed by atoms with van der Waals surface area (Å²) in [5.41, 5.74) is 1.35. The lowest BCUT2D eigenvalue weighted by Gasteiger charge is -2.41. The van der Waals surface area contributed by atoms with Gasteiger partial charge in [0.25, 0.3) is 0 Å². The summed E-state index contributed by atoms with van der Waals surface area (Å²) >= 11 is 0. The summed E-state index contributed by atoms with van der Waals surface area (Å²) in [6, 6.07) is 11.6. The minimum Gasteiger partial charge on any atom is -0.348 e. The molecule has 1 heterocycles. The van der Waals surface area contributed by atoms with E-state index in [2.05, 4.69) is 49.5 Å².